The number of carbonyl (C=O) groups is 1. The topological polar surface area (TPSA) is 64.2 Å². The minimum atomic E-state index is 0.0151. The molecule has 6 nitrogen and oxygen atoms in total. The van der Waals surface area contributed by atoms with Crippen molar-refractivity contribution in [3.63, 3.8) is 0 Å². The van der Waals surface area contributed by atoms with Crippen molar-refractivity contribution in [3.8, 4) is 11.4 Å². The smallest absolute Gasteiger partial charge is 0.233 e. The number of hydrogen-bond acceptors (Lipinski definition) is 5. The van der Waals surface area contributed by atoms with E-state index in [-0.39, 0.29) is 5.91 Å². The number of aromatic nitrogens is 3. The average Bonchev–Trinajstić information content (AvgIpc) is 3.23. The van der Waals surface area contributed by atoms with Gasteiger partial charge in [0.25, 0.3) is 0 Å². The van der Waals surface area contributed by atoms with E-state index < -0.39 is 0 Å². The van der Waals surface area contributed by atoms with E-state index in [2.05, 4.69) is 10.2 Å². The number of thioether (sulfide) groups is 1. The van der Waals surface area contributed by atoms with Crippen LogP contribution in [0, 0.1) is 6.92 Å². The van der Waals surface area contributed by atoms with Crippen molar-refractivity contribution in [1.82, 2.24) is 19.7 Å². The molecule has 2 heterocycles. The summed E-state index contributed by atoms with van der Waals surface area (Å²) in [6.45, 7) is 2.51. The van der Waals surface area contributed by atoms with Crippen LogP contribution in [0.3, 0.4) is 0 Å². The van der Waals surface area contributed by atoms with Gasteiger partial charge in [0, 0.05) is 19.7 Å². The van der Waals surface area contributed by atoms with Crippen LogP contribution < -0.4 is 0 Å². The van der Waals surface area contributed by atoms with Gasteiger partial charge in [0.2, 0.25) is 5.91 Å². The summed E-state index contributed by atoms with van der Waals surface area (Å²) < 4.78 is 7.18. The maximum Gasteiger partial charge on any atom is 0.233 e. The fourth-order valence-corrected chi connectivity index (χ4v) is 3.21. The van der Waals surface area contributed by atoms with Crippen LogP contribution in [0.25, 0.3) is 11.4 Å². The molecule has 0 unspecified atom stereocenters. The van der Waals surface area contributed by atoms with E-state index >= 15 is 0 Å². The Morgan fingerprint density at radius 2 is 2.00 bits per heavy atom. The van der Waals surface area contributed by atoms with Crippen LogP contribution in [0.5, 0.6) is 0 Å². The first-order valence-corrected chi connectivity index (χ1v) is 8.88. The Kier molecular flexibility index (Phi) is 5.23. The van der Waals surface area contributed by atoms with Crippen molar-refractivity contribution in [2.45, 2.75) is 18.6 Å². The van der Waals surface area contributed by atoms with E-state index in [1.807, 2.05) is 54.9 Å². The van der Waals surface area contributed by atoms with E-state index in [1.54, 1.807) is 18.2 Å². The molecule has 7 heteroatoms. The van der Waals surface area contributed by atoms with E-state index in [9.17, 15) is 4.79 Å². The molecule has 25 heavy (non-hydrogen) atoms. The number of furan rings is 1. The van der Waals surface area contributed by atoms with E-state index in [0.29, 0.717) is 12.3 Å². The lowest BCUT2D eigenvalue weighted by Crippen LogP contribution is -2.27. The second kappa shape index (κ2) is 7.57. The third-order valence-corrected chi connectivity index (χ3v) is 4.87. The first-order chi connectivity index (χ1) is 12.0. The Balaban J connectivity index is 1.62. The Hall–Kier alpha value is -2.54. The number of hydrogen-bond donors (Lipinski definition) is 0. The Labute approximate surface area is 150 Å². The van der Waals surface area contributed by atoms with Crippen molar-refractivity contribution in [1.29, 1.82) is 0 Å². The van der Waals surface area contributed by atoms with Gasteiger partial charge < -0.3 is 13.9 Å². The number of aryl methyl sites for hydroxylation is 1. The van der Waals surface area contributed by atoms with Crippen molar-refractivity contribution < 1.29 is 9.21 Å². The molecule has 0 radical (unpaired) electrons. The zero-order valence-corrected chi connectivity index (χ0v) is 15.3. The molecule has 2 aromatic heterocycles. The molecule has 0 N–H and O–H groups in total. The molecule has 0 fully saturated rings. The quantitative estimate of drug-likeness (QED) is 0.635. The Bertz CT molecular complexity index is 841. The molecule has 3 rings (SSSR count). The number of rotatable bonds is 6. The normalized spacial score (nSPS) is 10.8. The lowest BCUT2D eigenvalue weighted by molar-refractivity contribution is -0.127. The molecule has 0 saturated heterocycles. The van der Waals surface area contributed by atoms with Gasteiger partial charge in [-0.3, -0.25) is 4.79 Å². The third-order valence-electron chi connectivity index (χ3n) is 3.87. The second-order valence-corrected chi connectivity index (χ2v) is 6.79. The molecule has 0 atom stereocenters. The molecule has 3 aromatic rings. The molecule has 0 saturated carbocycles. The van der Waals surface area contributed by atoms with Gasteiger partial charge in [-0.05, 0) is 19.1 Å². The van der Waals surface area contributed by atoms with Crippen molar-refractivity contribution in [2.75, 3.05) is 12.8 Å². The summed E-state index contributed by atoms with van der Waals surface area (Å²) in [5.74, 6) is 1.87. The summed E-state index contributed by atoms with van der Waals surface area (Å²) >= 11 is 1.38. The summed E-state index contributed by atoms with van der Waals surface area (Å²) in [6, 6.07) is 11.8. The second-order valence-electron chi connectivity index (χ2n) is 5.85. The van der Waals surface area contributed by atoms with Crippen molar-refractivity contribution >= 4 is 17.7 Å². The highest BCUT2D eigenvalue weighted by Crippen LogP contribution is 2.23. The monoisotopic (exact) mass is 356 g/mol. The SMILES string of the molecule is Cc1ccc(-c2nnc(SCC(=O)N(C)Cc3ccco3)n2C)cc1. The molecule has 0 aliphatic heterocycles. The predicted octanol–water partition coefficient (Wildman–Crippen LogP) is 3.13. The summed E-state index contributed by atoms with van der Waals surface area (Å²) in [4.78, 5) is 13.9. The van der Waals surface area contributed by atoms with Crippen LogP contribution in [0.1, 0.15) is 11.3 Å². The zero-order chi connectivity index (χ0) is 17.8. The number of nitrogens with zero attached hydrogens (tertiary/aromatic N) is 4. The lowest BCUT2D eigenvalue weighted by Gasteiger charge is -2.15. The van der Waals surface area contributed by atoms with Gasteiger partial charge in [0.1, 0.15) is 5.76 Å². The summed E-state index contributed by atoms with van der Waals surface area (Å²) in [5, 5.41) is 9.18. The summed E-state index contributed by atoms with van der Waals surface area (Å²) in [5.41, 5.74) is 2.21. The zero-order valence-electron chi connectivity index (χ0n) is 14.5. The molecular formula is C18H20N4O2S. The van der Waals surface area contributed by atoms with Crippen molar-refractivity contribution in [3.05, 3.63) is 54.0 Å². The average molecular weight is 356 g/mol. The van der Waals surface area contributed by atoms with E-state index in [0.717, 1.165) is 22.3 Å². The van der Waals surface area contributed by atoms with Crippen LogP contribution in [0.2, 0.25) is 0 Å². The Morgan fingerprint density at radius 1 is 1.24 bits per heavy atom. The maximum absolute atomic E-state index is 12.3. The molecule has 1 aromatic carbocycles. The minimum Gasteiger partial charge on any atom is -0.467 e. The molecule has 0 spiro atoms. The van der Waals surface area contributed by atoms with E-state index in [1.165, 1.54) is 17.3 Å². The number of benzene rings is 1. The van der Waals surface area contributed by atoms with Crippen LogP contribution in [0.4, 0.5) is 0 Å². The van der Waals surface area contributed by atoms with Gasteiger partial charge >= 0.3 is 0 Å². The largest absolute Gasteiger partial charge is 0.467 e. The highest BCUT2D eigenvalue weighted by Gasteiger charge is 2.15. The van der Waals surface area contributed by atoms with E-state index in [4.69, 9.17) is 4.42 Å². The highest BCUT2D eigenvalue weighted by atomic mass is 32.2. The van der Waals surface area contributed by atoms with Gasteiger partial charge in [-0.15, -0.1) is 10.2 Å². The predicted molar refractivity (Wildman–Crippen MR) is 97.1 cm³/mol. The minimum absolute atomic E-state index is 0.0151. The molecule has 0 aliphatic rings. The van der Waals surface area contributed by atoms with Gasteiger partial charge in [0.05, 0.1) is 18.6 Å². The van der Waals surface area contributed by atoms with Gasteiger partial charge in [-0.2, -0.15) is 0 Å². The lowest BCUT2D eigenvalue weighted by atomic mass is 10.1. The number of amides is 1. The van der Waals surface area contributed by atoms with Crippen LogP contribution in [0.15, 0.2) is 52.2 Å². The third kappa shape index (κ3) is 4.11. The number of carbonyl (C=O) groups excluding carboxylic acids is 1. The highest BCUT2D eigenvalue weighted by molar-refractivity contribution is 7.99. The Morgan fingerprint density at radius 3 is 2.68 bits per heavy atom. The van der Waals surface area contributed by atoms with Crippen molar-refractivity contribution in [2.24, 2.45) is 7.05 Å². The van der Waals surface area contributed by atoms with Gasteiger partial charge in [-0.25, -0.2) is 0 Å². The fraction of sp³-hybridized carbons (Fsp3) is 0.278. The molecular weight excluding hydrogens is 336 g/mol. The first-order valence-electron chi connectivity index (χ1n) is 7.90. The van der Waals surface area contributed by atoms with Crippen LogP contribution >= 0.6 is 11.8 Å². The molecule has 1 amide bonds. The molecule has 0 aliphatic carbocycles. The maximum atomic E-state index is 12.3. The summed E-state index contributed by atoms with van der Waals surface area (Å²) in [7, 11) is 3.67. The van der Waals surface area contributed by atoms with Crippen LogP contribution in [-0.2, 0) is 18.4 Å². The van der Waals surface area contributed by atoms with Crippen LogP contribution in [-0.4, -0.2) is 38.4 Å². The van der Waals surface area contributed by atoms with Gasteiger partial charge in [-0.1, -0.05) is 41.6 Å². The van der Waals surface area contributed by atoms with Gasteiger partial charge in [0.15, 0.2) is 11.0 Å². The molecule has 0 bridgehead atoms. The first kappa shape index (κ1) is 17.3. The summed E-state index contributed by atoms with van der Waals surface area (Å²) in [6.07, 6.45) is 1.61. The standard InChI is InChI=1S/C18H20N4O2S/c1-13-6-8-14(9-7-13)17-19-20-18(22(17)3)25-12-16(23)21(2)11-15-5-4-10-24-15/h4-10H,11-12H2,1-3H3. The molecule has 130 valence electrons. The fourth-order valence-electron chi connectivity index (χ4n) is 2.36.